The van der Waals surface area contributed by atoms with Crippen molar-refractivity contribution in [1.82, 2.24) is 15.5 Å². The monoisotopic (exact) mass is 231 g/mol. The molecule has 0 aromatic carbocycles. The Balaban J connectivity index is 3.47. The zero-order chi connectivity index (χ0) is 12.6. The fourth-order valence-corrected chi connectivity index (χ4v) is 1.02. The van der Waals surface area contributed by atoms with E-state index in [1.807, 2.05) is 0 Å². The summed E-state index contributed by atoms with van der Waals surface area (Å²) in [6.45, 7) is 3.49. The third-order valence-corrected chi connectivity index (χ3v) is 2.04. The number of nitrogens with zero attached hydrogens (tertiary/aromatic N) is 1. The van der Waals surface area contributed by atoms with Gasteiger partial charge in [0.15, 0.2) is 0 Å². The predicted octanol–water partition coefficient (Wildman–Crippen LogP) is -0.344. The number of esters is 1. The Morgan fingerprint density at radius 2 is 1.94 bits per heavy atom. The molecule has 0 radical (unpaired) electrons. The van der Waals surface area contributed by atoms with Crippen LogP contribution in [0.2, 0.25) is 0 Å². The summed E-state index contributed by atoms with van der Waals surface area (Å²) in [5.74, 6) is -0.403. The predicted molar refractivity (Wildman–Crippen MR) is 61.1 cm³/mol. The average molecular weight is 231 g/mol. The van der Waals surface area contributed by atoms with Crippen molar-refractivity contribution >= 4 is 12.0 Å². The van der Waals surface area contributed by atoms with E-state index in [0.717, 1.165) is 0 Å². The fraction of sp³-hybridized carbons (Fsp3) is 0.800. The van der Waals surface area contributed by atoms with Gasteiger partial charge >= 0.3 is 12.0 Å². The van der Waals surface area contributed by atoms with E-state index in [0.29, 0.717) is 19.6 Å². The van der Waals surface area contributed by atoms with Crippen molar-refractivity contribution in [2.75, 3.05) is 40.8 Å². The molecule has 0 aliphatic rings. The van der Waals surface area contributed by atoms with Gasteiger partial charge in [0.05, 0.1) is 13.0 Å². The molecule has 94 valence electrons. The standard InChI is InChI=1S/C10H21N3O3/c1-8(9(14)16-4)7-11-5-6-12-10(15)13(2)3/h8,11H,5-7H2,1-4H3,(H,12,15). The number of rotatable bonds is 6. The second-order valence-electron chi connectivity index (χ2n) is 3.75. The summed E-state index contributed by atoms with van der Waals surface area (Å²) < 4.78 is 4.58. The largest absolute Gasteiger partial charge is 0.469 e. The third kappa shape index (κ3) is 6.23. The first-order valence-electron chi connectivity index (χ1n) is 5.22. The lowest BCUT2D eigenvalue weighted by Gasteiger charge is -2.13. The summed E-state index contributed by atoms with van der Waals surface area (Å²) in [7, 11) is 4.74. The molecule has 2 N–H and O–H groups in total. The Morgan fingerprint density at radius 3 is 2.44 bits per heavy atom. The topological polar surface area (TPSA) is 70.7 Å². The highest BCUT2D eigenvalue weighted by Crippen LogP contribution is 1.94. The molecule has 6 nitrogen and oxygen atoms in total. The lowest BCUT2D eigenvalue weighted by Crippen LogP contribution is -2.39. The van der Waals surface area contributed by atoms with Gasteiger partial charge in [0, 0.05) is 33.7 Å². The number of hydrogen-bond donors (Lipinski definition) is 2. The van der Waals surface area contributed by atoms with Gasteiger partial charge < -0.3 is 20.3 Å². The van der Waals surface area contributed by atoms with E-state index in [4.69, 9.17) is 0 Å². The van der Waals surface area contributed by atoms with Gasteiger partial charge in [-0.3, -0.25) is 4.79 Å². The van der Waals surface area contributed by atoms with E-state index in [2.05, 4.69) is 15.4 Å². The maximum Gasteiger partial charge on any atom is 0.316 e. The second-order valence-corrected chi connectivity index (χ2v) is 3.75. The highest BCUT2D eigenvalue weighted by Gasteiger charge is 2.11. The van der Waals surface area contributed by atoms with E-state index in [-0.39, 0.29) is 17.9 Å². The van der Waals surface area contributed by atoms with Gasteiger partial charge in [-0.05, 0) is 0 Å². The molecule has 2 amide bonds. The first-order chi connectivity index (χ1) is 7.49. The Morgan fingerprint density at radius 1 is 1.31 bits per heavy atom. The number of urea groups is 1. The van der Waals surface area contributed by atoms with Crippen molar-refractivity contribution in [3.63, 3.8) is 0 Å². The molecule has 6 heteroatoms. The van der Waals surface area contributed by atoms with E-state index < -0.39 is 0 Å². The van der Waals surface area contributed by atoms with Gasteiger partial charge in [0.25, 0.3) is 0 Å². The van der Waals surface area contributed by atoms with E-state index in [1.165, 1.54) is 12.0 Å². The average Bonchev–Trinajstić information content (AvgIpc) is 2.26. The third-order valence-electron chi connectivity index (χ3n) is 2.04. The van der Waals surface area contributed by atoms with Crippen molar-refractivity contribution in [3.05, 3.63) is 0 Å². The number of carbonyl (C=O) groups is 2. The minimum atomic E-state index is -0.232. The van der Waals surface area contributed by atoms with Gasteiger partial charge in [-0.25, -0.2) is 4.79 Å². The van der Waals surface area contributed by atoms with E-state index >= 15 is 0 Å². The van der Waals surface area contributed by atoms with Crippen LogP contribution in [0.5, 0.6) is 0 Å². The van der Waals surface area contributed by atoms with Crippen LogP contribution in [0.1, 0.15) is 6.92 Å². The Hall–Kier alpha value is -1.30. The number of nitrogens with one attached hydrogen (secondary N) is 2. The molecule has 0 aliphatic heterocycles. The molecule has 0 aromatic heterocycles. The molecule has 0 rings (SSSR count). The molecule has 1 unspecified atom stereocenters. The van der Waals surface area contributed by atoms with Crippen LogP contribution in [0, 0.1) is 5.92 Å². The minimum absolute atomic E-state index is 0.122. The van der Waals surface area contributed by atoms with Crippen LogP contribution in [0.15, 0.2) is 0 Å². The number of hydrogen-bond acceptors (Lipinski definition) is 4. The SMILES string of the molecule is COC(=O)C(C)CNCCNC(=O)N(C)C. The summed E-state index contributed by atoms with van der Waals surface area (Å²) >= 11 is 0. The van der Waals surface area contributed by atoms with Crippen LogP contribution in [-0.4, -0.2) is 57.7 Å². The molecule has 0 saturated carbocycles. The Kier molecular flexibility index (Phi) is 7.28. The highest BCUT2D eigenvalue weighted by molar-refractivity contribution is 5.73. The number of ether oxygens (including phenoxy) is 1. The lowest BCUT2D eigenvalue weighted by atomic mass is 10.2. The van der Waals surface area contributed by atoms with Crippen LogP contribution < -0.4 is 10.6 Å². The molecular formula is C10H21N3O3. The zero-order valence-electron chi connectivity index (χ0n) is 10.4. The molecular weight excluding hydrogens is 210 g/mol. The lowest BCUT2D eigenvalue weighted by molar-refractivity contribution is -0.144. The maximum atomic E-state index is 11.1. The summed E-state index contributed by atoms with van der Waals surface area (Å²) in [5, 5.41) is 5.77. The molecule has 0 fully saturated rings. The second kappa shape index (κ2) is 7.92. The minimum Gasteiger partial charge on any atom is -0.469 e. The van der Waals surface area contributed by atoms with Crippen molar-refractivity contribution in [2.24, 2.45) is 5.92 Å². The van der Waals surface area contributed by atoms with Crippen molar-refractivity contribution in [3.8, 4) is 0 Å². The van der Waals surface area contributed by atoms with E-state index in [1.54, 1.807) is 21.0 Å². The van der Waals surface area contributed by atoms with Crippen LogP contribution >= 0.6 is 0 Å². The summed E-state index contributed by atoms with van der Waals surface area (Å²) in [5.41, 5.74) is 0. The first kappa shape index (κ1) is 14.7. The summed E-state index contributed by atoms with van der Waals surface area (Å²) in [6, 6.07) is -0.122. The molecule has 0 aromatic rings. The Labute approximate surface area is 96.3 Å². The van der Waals surface area contributed by atoms with Crippen LogP contribution in [0.3, 0.4) is 0 Å². The molecule has 0 aliphatic carbocycles. The zero-order valence-corrected chi connectivity index (χ0v) is 10.4. The maximum absolute atomic E-state index is 11.1. The van der Waals surface area contributed by atoms with Gasteiger partial charge in [0.2, 0.25) is 0 Å². The van der Waals surface area contributed by atoms with Gasteiger partial charge in [0.1, 0.15) is 0 Å². The van der Waals surface area contributed by atoms with Crippen LogP contribution in [0.25, 0.3) is 0 Å². The van der Waals surface area contributed by atoms with Gasteiger partial charge in [-0.1, -0.05) is 6.92 Å². The number of methoxy groups -OCH3 is 1. The quantitative estimate of drug-likeness (QED) is 0.484. The first-order valence-corrected chi connectivity index (χ1v) is 5.22. The van der Waals surface area contributed by atoms with Crippen molar-refractivity contribution in [2.45, 2.75) is 6.92 Å². The van der Waals surface area contributed by atoms with Crippen LogP contribution in [-0.2, 0) is 9.53 Å². The molecule has 1 atom stereocenters. The molecule has 0 saturated heterocycles. The summed E-state index contributed by atoms with van der Waals surface area (Å²) in [6.07, 6.45) is 0. The number of amides is 2. The van der Waals surface area contributed by atoms with Gasteiger partial charge in [-0.15, -0.1) is 0 Å². The fourth-order valence-electron chi connectivity index (χ4n) is 1.02. The normalized spacial score (nSPS) is 11.8. The summed E-state index contributed by atoms with van der Waals surface area (Å²) in [4.78, 5) is 23.6. The smallest absolute Gasteiger partial charge is 0.316 e. The molecule has 0 bridgehead atoms. The molecule has 0 spiro atoms. The van der Waals surface area contributed by atoms with Crippen molar-refractivity contribution < 1.29 is 14.3 Å². The highest BCUT2D eigenvalue weighted by atomic mass is 16.5. The molecule has 16 heavy (non-hydrogen) atoms. The van der Waals surface area contributed by atoms with Gasteiger partial charge in [-0.2, -0.15) is 0 Å². The van der Waals surface area contributed by atoms with E-state index in [9.17, 15) is 9.59 Å². The number of carbonyl (C=O) groups excluding carboxylic acids is 2. The van der Waals surface area contributed by atoms with Crippen molar-refractivity contribution in [1.29, 1.82) is 0 Å². The Bertz CT molecular complexity index is 231. The molecule has 0 heterocycles. The van der Waals surface area contributed by atoms with Crippen LogP contribution in [0.4, 0.5) is 4.79 Å².